The Morgan fingerprint density at radius 1 is 1.08 bits per heavy atom. The number of esters is 2. The molecule has 0 bridgehead atoms. The molecule has 25 heavy (non-hydrogen) atoms. The summed E-state index contributed by atoms with van der Waals surface area (Å²) >= 11 is 0. The van der Waals surface area contributed by atoms with Crippen LogP contribution in [-0.2, 0) is 19.1 Å². The van der Waals surface area contributed by atoms with Gasteiger partial charge in [-0.3, -0.25) is 9.59 Å². The Balaban J connectivity index is 2.68. The van der Waals surface area contributed by atoms with Crippen LogP contribution >= 0.6 is 0 Å². The Labute approximate surface area is 145 Å². The zero-order valence-corrected chi connectivity index (χ0v) is 15.0. The van der Waals surface area contributed by atoms with Crippen LogP contribution in [-0.4, -0.2) is 67.5 Å². The molecule has 0 atom stereocenters. The van der Waals surface area contributed by atoms with Gasteiger partial charge < -0.3 is 24.7 Å². The topological polar surface area (TPSA) is 118 Å². The third kappa shape index (κ3) is 5.33. The largest absolute Gasteiger partial charge is 0.461 e. The van der Waals surface area contributed by atoms with E-state index in [1.54, 1.807) is 34.9 Å². The number of aromatic amines is 1. The lowest BCUT2D eigenvalue weighted by Gasteiger charge is -2.11. The van der Waals surface area contributed by atoms with Gasteiger partial charge in [0.2, 0.25) is 5.91 Å². The average molecular weight is 353 g/mol. The molecule has 0 aliphatic heterocycles. The quantitative estimate of drug-likeness (QED) is 0.675. The second-order valence-electron chi connectivity index (χ2n) is 5.49. The smallest absolute Gasteiger partial charge is 0.355 e. The van der Waals surface area contributed by atoms with Crippen molar-refractivity contribution in [2.45, 2.75) is 20.8 Å². The van der Waals surface area contributed by atoms with Crippen LogP contribution in [0.1, 0.15) is 39.0 Å². The summed E-state index contributed by atoms with van der Waals surface area (Å²) in [7, 11) is 3.13. The molecule has 1 aromatic rings. The van der Waals surface area contributed by atoms with E-state index in [1.165, 1.54) is 4.90 Å². The fraction of sp³-hybridized carbons (Fsp3) is 0.500. The molecule has 0 saturated carbocycles. The summed E-state index contributed by atoms with van der Waals surface area (Å²) in [5, 5.41) is 2.35. The molecular formula is C16H23N3O6. The third-order valence-corrected chi connectivity index (χ3v) is 3.39. The van der Waals surface area contributed by atoms with Gasteiger partial charge in [-0.15, -0.1) is 0 Å². The molecule has 1 rings (SSSR count). The van der Waals surface area contributed by atoms with E-state index in [-0.39, 0.29) is 30.3 Å². The average Bonchev–Trinajstić information content (AvgIpc) is 2.85. The summed E-state index contributed by atoms with van der Waals surface area (Å²) in [5.41, 5.74) is 1.19. The predicted molar refractivity (Wildman–Crippen MR) is 88.2 cm³/mol. The number of carbonyl (C=O) groups is 4. The number of aryl methyl sites for hydroxylation is 1. The zero-order valence-electron chi connectivity index (χ0n) is 15.0. The molecule has 0 radical (unpaired) electrons. The highest BCUT2D eigenvalue weighted by Gasteiger charge is 2.24. The third-order valence-electron chi connectivity index (χ3n) is 3.39. The first kappa shape index (κ1) is 20.2. The fourth-order valence-electron chi connectivity index (χ4n) is 2.05. The first-order chi connectivity index (χ1) is 11.7. The monoisotopic (exact) mass is 353 g/mol. The summed E-state index contributed by atoms with van der Waals surface area (Å²) in [6.07, 6.45) is 0. The Morgan fingerprint density at radius 2 is 1.72 bits per heavy atom. The summed E-state index contributed by atoms with van der Waals surface area (Å²) < 4.78 is 9.86. The summed E-state index contributed by atoms with van der Waals surface area (Å²) in [6, 6.07) is 0. The second kappa shape index (κ2) is 8.86. The van der Waals surface area contributed by atoms with E-state index in [0.717, 1.165) is 0 Å². The van der Waals surface area contributed by atoms with Gasteiger partial charge >= 0.3 is 11.9 Å². The maximum atomic E-state index is 12.2. The fourth-order valence-corrected chi connectivity index (χ4v) is 2.05. The van der Waals surface area contributed by atoms with Gasteiger partial charge in [-0.25, -0.2) is 9.59 Å². The van der Waals surface area contributed by atoms with E-state index < -0.39 is 24.5 Å². The normalized spacial score (nSPS) is 10.1. The number of H-pyrrole nitrogens is 1. The molecule has 0 saturated heterocycles. The molecule has 0 aliphatic rings. The predicted octanol–water partition coefficient (Wildman–Crippen LogP) is 0.169. The highest BCUT2D eigenvalue weighted by Crippen LogP contribution is 2.19. The van der Waals surface area contributed by atoms with Crippen molar-refractivity contribution in [1.29, 1.82) is 0 Å². The van der Waals surface area contributed by atoms with E-state index in [1.807, 2.05) is 0 Å². The van der Waals surface area contributed by atoms with Gasteiger partial charge in [-0.1, -0.05) is 0 Å². The van der Waals surface area contributed by atoms with E-state index in [2.05, 4.69) is 10.3 Å². The van der Waals surface area contributed by atoms with Crippen LogP contribution in [0.15, 0.2) is 0 Å². The van der Waals surface area contributed by atoms with Crippen molar-refractivity contribution in [3.63, 3.8) is 0 Å². The molecule has 9 heteroatoms. The Morgan fingerprint density at radius 3 is 2.28 bits per heavy atom. The highest BCUT2D eigenvalue weighted by atomic mass is 16.5. The summed E-state index contributed by atoms with van der Waals surface area (Å²) in [6.45, 7) is 4.38. The molecule has 1 heterocycles. The number of carbonyl (C=O) groups excluding carboxylic acids is 4. The van der Waals surface area contributed by atoms with Gasteiger partial charge in [0.05, 0.1) is 18.7 Å². The molecule has 1 aromatic heterocycles. The number of rotatable bonds is 7. The molecule has 0 fully saturated rings. The molecule has 2 amide bonds. The maximum absolute atomic E-state index is 12.2. The Hall–Kier alpha value is -2.84. The number of hydrogen-bond acceptors (Lipinski definition) is 6. The molecular weight excluding hydrogens is 330 g/mol. The first-order valence-corrected chi connectivity index (χ1v) is 7.69. The van der Waals surface area contributed by atoms with Gasteiger partial charge in [0.15, 0.2) is 6.61 Å². The number of aromatic nitrogens is 1. The van der Waals surface area contributed by atoms with Crippen LogP contribution in [0.2, 0.25) is 0 Å². The van der Waals surface area contributed by atoms with Crippen LogP contribution in [0.5, 0.6) is 0 Å². The van der Waals surface area contributed by atoms with Gasteiger partial charge in [-0.2, -0.15) is 0 Å². The summed E-state index contributed by atoms with van der Waals surface area (Å²) in [5.74, 6) is -2.19. The van der Waals surface area contributed by atoms with Gasteiger partial charge in [0, 0.05) is 19.8 Å². The number of nitrogens with one attached hydrogen (secondary N) is 2. The number of amides is 2. The van der Waals surface area contributed by atoms with Gasteiger partial charge in [-0.05, 0) is 26.3 Å². The van der Waals surface area contributed by atoms with E-state index in [9.17, 15) is 19.2 Å². The molecule has 0 spiro atoms. The minimum atomic E-state index is -0.740. The van der Waals surface area contributed by atoms with E-state index >= 15 is 0 Å². The van der Waals surface area contributed by atoms with Crippen LogP contribution in [0.3, 0.4) is 0 Å². The van der Waals surface area contributed by atoms with Crippen LogP contribution in [0, 0.1) is 13.8 Å². The lowest BCUT2D eigenvalue weighted by Crippen LogP contribution is -2.38. The van der Waals surface area contributed by atoms with Gasteiger partial charge in [0.1, 0.15) is 5.69 Å². The van der Waals surface area contributed by atoms with Crippen molar-refractivity contribution in [3.05, 3.63) is 22.5 Å². The minimum Gasteiger partial charge on any atom is -0.461 e. The van der Waals surface area contributed by atoms with Crippen LogP contribution < -0.4 is 5.32 Å². The number of likely N-dealkylation sites (N-methyl/N-ethyl adjacent to an activating group) is 1. The van der Waals surface area contributed by atoms with E-state index in [0.29, 0.717) is 11.3 Å². The highest BCUT2D eigenvalue weighted by molar-refractivity contribution is 5.99. The summed E-state index contributed by atoms with van der Waals surface area (Å²) in [4.78, 5) is 51.1. The van der Waals surface area contributed by atoms with Crippen molar-refractivity contribution < 1.29 is 28.7 Å². The number of nitrogens with zero attached hydrogens (tertiary/aromatic N) is 1. The lowest BCUT2D eigenvalue weighted by molar-refractivity contribution is -0.131. The maximum Gasteiger partial charge on any atom is 0.355 e. The van der Waals surface area contributed by atoms with Crippen molar-refractivity contribution in [3.8, 4) is 0 Å². The molecule has 9 nitrogen and oxygen atoms in total. The standard InChI is InChI=1S/C16H23N3O6/c1-6-24-16(23)14-9(2)13(10(3)18-14)15(22)25-8-11(20)17-7-12(21)19(4)5/h18H,6-8H2,1-5H3,(H,17,20). The Bertz CT molecular complexity index is 678. The zero-order chi connectivity index (χ0) is 19.1. The van der Waals surface area contributed by atoms with Crippen molar-refractivity contribution in [2.75, 3.05) is 33.9 Å². The second-order valence-corrected chi connectivity index (χ2v) is 5.49. The van der Waals surface area contributed by atoms with Crippen LogP contribution in [0.25, 0.3) is 0 Å². The first-order valence-electron chi connectivity index (χ1n) is 7.69. The number of ether oxygens (including phenoxy) is 2. The molecule has 138 valence electrons. The van der Waals surface area contributed by atoms with E-state index in [4.69, 9.17) is 9.47 Å². The number of hydrogen-bond donors (Lipinski definition) is 2. The molecule has 0 aliphatic carbocycles. The lowest BCUT2D eigenvalue weighted by atomic mass is 10.1. The minimum absolute atomic E-state index is 0.173. The van der Waals surface area contributed by atoms with Gasteiger partial charge in [0.25, 0.3) is 5.91 Å². The molecule has 0 aromatic carbocycles. The van der Waals surface area contributed by atoms with Crippen molar-refractivity contribution in [1.82, 2.24) is 15.2 Å². The van der Waals surface area contributed by atoms with Crippen molar-refractivity contribution >= 4 is 23.8 Å². The molecule has 2 N–H and O–H groups in total. The molecule has 0 unspecified atom stereocenters. The Kier molecular flexibility index (Phi) is 7.16. The van der Waals surface area contributed by atoms with Crippen LogP contribution in [0.4, 0.5) is 0 Å². The van der Waals surface area contributed by atoms with Crippen molar-refractivity contribution in [2.24, 2.45) is 0 Å². The SMILES string of the molecule is CCOC(=O)c1[nH]c(C)c(C(=O)OCC(=O)NCC(=O)N(C)C)c1C.